The van der Waals surface area contributed by atoms with Crippen LogP contribution in [0.3, 0.4) is 0 Å². The van der Waals surface area contributed by atoms with E-state index in [1.165, 1.54) is 0 Å². The van der Waals surface area contributed by atoms with Crippen molar-refractivity contribution >= 4 is 17.2 Å². The molecule has 84 valence electrons. The largest absolute Gasteiger partial charge is 0.344 e. The minimum atomic E-state index is 0.578. The van der Waals surface area contributed by atoms with Crippen molar-refractivity contribution < 1.29 is 4.79 Å². The first-order chi connectivity index (χ1) is 7.65. The second-order valence-electron chi connectivity index (χ2n) is 4.64. The van der Waals surface area contributed by atoms with Crippen LogP contribution in [0.4, 0.5) is 0 Å². The number of nitrogens with zero attached hydrogens (tertiary/aromatic N) is 1. The van der Waals surface area contributed by atoms with Crippen molar-refractivity contribution in [2.75, 3.05) is 0 Å². The highest BCUT2D eigenvalue weighted by Gasteiger charge is 2.13. The molecule has 0 bridgehead atoms. The number of fused-ring (bicyclic) bond motifs is 1. The first-order valence-electron chi connectivity index (χ1n) is 5.68. The Morgan fingerprint density at radius 2 is 2.00 bits per heavy atom. The molecule has 1 heterocycles. The van der Waals surface area contributed by atoms with E-state index in [4.69, 9.17) is 0 Å². The van der Waals surface area contributed by atoms with E-state index >= 15 is 0 Å². The first-order valence-corrected chi connectivity index (χ1v) is 5.68. The molecule has 0 amide bonds. The molecule has 0 atom stereocenters. The van der Waals surface area contributed by atoms with Gasteiger partial charge in [-0.25, -0.2) is 0 Å². The summed E-state index contributed by atoms with van der Waals surface area (Å²) in [5, 5.41) is 1.07. The SMILES string of the molecule is Cc1c(C=O)c2ccccc2n1CC(C)C. The van der Waals surface area contributed by atoms with Gasteiger partial charge in [0.15, 0.2) is 6.29 Å². The van der Waals surface area contributed by atoms with Crippen LogP contribution in [0, 0.1) is 12.8 Å². The van der Waals surface area contributed by atoms with Gasteiger partial charge in [-0.15, -0.1) is 0 Å². The van der Waals surface area contributed by atoms with Crippen molar-refractivity contribution in [3.63, 3.8) is 0 Å². The molecule has 0 unspecified atom stereocenters. The Hall–Kier alpha value is -1.57. The van der Waals surface area contributed by atoms with Crippen LogP contribution in [-0.4, -0.2) is 10.9 Å². The van der Waals surface area contributed by atoms with Crippen molar-refractivity contribution in [3.8, 4) is 0 Å². The number of carbonyl (C=O) groups is 1. The van der Waals surface area contributed by atoms with Crippen LogP contribution in [0.1, 0.15) is 29.9 Å². The summed E-state index contributed by atoms with van der Waals surface area (Å²) in [5.74, 6) is 0.578. The zero-order chi connectivity index (χ0) is 11.7. The monoisotopic (exact) mass is 215 g/mol. The average Bonchev–Trinajstić information content (AvgIpc) is 2.52. The van der Waals surface area contributed by atoms with E-state index in [2.05, 4.69) is 24.5 Å². The second-order valence-corrected chi connectivity index (χ2v) is 4.64. The molecule has 1 aromatic carbocycles. The zero-order valence-corrected chi connectivity index (χ0v) is 10.0. The topological polar surface area (TPSA) is 22.0 Å². The van der Waals surface area contributed by atoms with Crippen LogP contribution in [0.2, 0.25) is 0 Å². The van der Waals surface area contributed by atoms with Crippen LogP contribution >= 0.6 is 0 Å². The number of carbonyl (C=O) groups excluding carboxylic acids is 1. The molecule has 2 heteroatoms. The fourth-order valence-electron chi connectivity index (χ4n) is 2.21. The van der Waals surface area contributed by atoms with Gasteiger partial charge in [0.1, 0.15) is 0 Å². The quantitative estimate of drug-likeness (QED) is 0.719. The molecule has 2 nitrogen and oxygen atoms in total. The maximum Gasteiger partial charge on any atom is 0.152 e. The van der Waals surface area contributed by atoms with Gasteiger partial charge >= 0.3 is 0 Å². The minimum absolute atomic E-state index is 0.578. The molecule has 0 radical (unpaired) electrons. The van der Waals surface area contributed by atoms with Gasteiger partial charge in [-0.3, -0.25) is 4.79 Å². The molecule has 0 saturated carbocycles. The summed E-state index contributed by atoms with van der Waals surface area (Å²) in [5.41, 5.74) is 3.07. The van der Waals surface area contributed by atoms with E-state index in [0.29, 0.717) is 5.92 Å². The Morgan fingerprint density at radius 1 is 1.31 bits per heavy atom. The van der Waals surface area contributed by atoms with Gasteiger partial charge in [0.25, 0.3) is 0 Å². The predicted octanol–water partition coefficient (Wildman–Crippen LogP) is 3.42. The summed E-state index contributed by atoms with van der Waals surface area (Å²) in [6, 6.07) is 8.10. The van der Waals surface area contributed by atoms with Crippen LogP contribution in [-0.2, 0) is 6.54 Å². The molecule has 0 spiro atoms. The predicted molar refractivity (Wildman–Crippen MR) is 66.9 cm³/mol. The van der Waals surface area contributed by atoms with Gasteiger partial charge in [0.05, 0.1) is 0 Å². The normalized spacial score (nSPS) is 11.2. The summed E-state index contributed by atoms with van der Waals surface area (Å²) in [6.45, 7) is 7.36. The lowest BCUT2D eigenvalue weighted by atomic mass is 10.1. The third-order valence-corrected chi connectivity index (χ3v) is 2.95. The average molecular weight is 215 g/mol. The lowest BCUT2D eigenvalue weighted by Crippen LogP contribution is -2.06. The summed E-state index contributed by atoms with van der Waals surface area (Å²) in [7, 11) is 0. The van der Waals surface area contributed by atoms with Crippen molar-refractivity contribution in [3.05, 3.63) is 35.5 Å². The fraction of sp³-hybridized carbons (Fsp3) is 0.357. The van der Waals surface area contributed by atoms with Crippen LogP contribution < -0.4 is 0 Å². The molecule has 0 N–H and O–H groups in total. The summed E-state index contributed by atoms with van der Waals surface area (Å²) < 4.78 is 2.24. The molecule has 0 aliphatic heterocycles. The zero-order valence-electron chi connectivity index (χ0n) is 10.0. The first kappa shape index (κ1) is 10.9. The van der Waals surface area contributed by atoms with Crippen molar-refractivity contribution in [1.29, 1.82) is 0 Å². The molecule has 0 aliphatic carbocycles. The van der Waals surface area contributed by atoms with E-state index in [1.807, 2.05) is 25.1 Å². The van der Waals surface area contributed by atoms with E-state index in [-0.39, 0.29) is 0 Å². The van der Waals surface area contributed by atoms with E-state index in [0.717, 1.165) is 35.0 Å². The summed E-state index contributed by atoms with van der Waals surface area (Å²) in [4.78, 5) is 11.1. The van der Waals surface area contributed by atoms with Crippen molar-refractivity contribution in [2.24, 2.45) is 5.92 Å². The van der Waals surface area contributed by atoms with E-state index in [9.17, 15) is 4.79 Å². The number of aldehydes is 1. The Labute approximate surface area is 95.9 Å². The molecule has 16 heavy (non-hydrogen) atoms. The van der Waals surface area contributed by atoms with E-state index in [1.54, 1.807) is 0 Å². The van der Waals surface area contributed by atoms with Gasteiger partial charge in [0.2, 0.25) is 0 Å². The molecule has 1 aromatic heterocycles. The van der Waals surface area contributed by atoms with Gasteiger partial charge in [-0.1, -0.05) is 32.0 Å². The van der Waals surface area contributed by atoms with Crippen LogP contribution in [0.5, 0.6) is 0 Å². The molecular formula is C14H17NO. The highest BCUT2D eigenvalue weighted by Crippen LogP contribution is 2.25. The fourth-order valence-corrected chi connectivity index (χ4v) is 2.21. The number of benzene rings is 1. The van der Waals surface area contributed by atoms with Crippen LogP contribution in [0.15, 0.2) is 24.3 Å². The maximum atomic E-state index is 11.1. The Balaban J connectivity index is 2.72. The van der Waals surface area contributed by atoms with Gasteiger partial charge in [0, 0.05) is 28.7 Å². The second kappa shape index (κ2) is 4.12. The minimum Gasteiger partial charge on any atom is -0.344 e. The van der Waals surface area contributed by atoms with Crippen LogP contribution in [0.25, 0.3) is 10.9 Å². The highest BCUT2D eigenvalue weighted by molar-refractivity contribution is 5.99. The standard InChI is InChI=1S/C14H17NO/c1-10(2)8-15-11(3)13(9-16)12-6-4-5-7-14(12)15/h4-7,9-10H,8H2,1-3H3. The lowest BCUT2D eigenvalue weighted by molar-refractivity contribution is 0.112. The number of hydrogen-bond donors (Lipinski definition) is 0. The smallest absolute Gasteiger partial charge is 0.152 e. The number of para-hydroxylation sites is 1. The molecule has 0 fully saturated rings. The highest BCUT2D eigenvalue weighted by atomic mass is 16.1. The third kappa shape index (κ3) is 1.64. The summed E-state index contributed by atoms with van der Waals surface area (Å²) in [6.07, 6.45) is 0.967. The Kier molecular flexibility index (Phi) is 2.82. The van der Waals surface area contributed by atoms with Gasteiger partial charge < -0.3 is 4.57 Å². The maximum absolute atomic E-state index is 11.1. The van der Waals surface area contributed by atoms with Crippen molar-refractivity contribution in [2.45, 2.75) is 27.3 Å². The van der Waals surface area contributed by atoms with Gasteiger partial charge in [-0.2, -0.15) is 0 Å². The molecule has 0 saturated heterocycles. The van der Waals surface area contributed by atoms with Gasteiger partial charge in [-0.05, 0) is 18.9 Å². The summed E-state index contributed by atoms with van der Waals surface area (Å²) >= 11 is 0. The molecule has 2 aromatic rings. The lowest BCUT2D eigenvalue weighted by Gasteiger charge is -2.10. The van der Waals surface area contributed by atoms with E-state index < -0.39 is 0 Å². The molecular weight excluding hydrogens is 198 g/mol. The number of rotatable bonds is 3. The number of hydrogen-bond acceptors (Lipinski definition) is 1. The Bertz CT molecular complexity index is 523. The Morgan fingerprint density at radius 3 is 2.62 bits per heavy atom. The third-order valence-electron chi connectivity index (χ3n) is 2.95. The van der Waals surface area contributed by atoms with Crippen molar-refractivity contribution in [1.82, 2.24) is 4.57 Å². The molecule has 2 rings (SSSR count). The number of aromatic nitrogens is 1. The molecule has 0 aliphatic rings.